The molecule has 0 N–H and O–H groups in total. The van der Waals surface area contributed by atoms with Crippen molar-refractivity contribution < 1.29 is 14.5 Å². The average molecular weight is 370 g/mol. The Morgan fingerprint density at radius 3 is 2.78 bits per heavy atom. The van der Waals surface area contributed by atoms with E-state index in [-0.39, 0.29) is 11.4 Å². The number of ether oxygens (including phenoxy) is 1. The summed E-state index contributed by atoms with van der Waals surface area (Å²) < 4.78 is 6.71. The van der Waals surface area contributed by atoms with E-state index in [0.29, 0.717) is 0 Å². The van der Waals surface area contributed by atoms with Crippen LogP contribution in [0, 0.1) is 10.1 Å². The number of hydrogen-bond donors (Lipinski definition) is 0. The number of carbonyl (C=O) groups excluding carboxylic acids is 1. The molecule has 0 saturated carbocycles. The highest BCUT2D eigenvalue weighted by Gasteiger charge is 2.23. The predicted octanol–water partition coefficient (Wildman–Crippen LogP) is 2.83. The molecule has 0 bridgehead atoms. The van der Waals surface area contributed by atoms with Crippen molar-refractivity contribution in [1.82, 2.24) is 14.7 Å². The summed E-state index contributed by atoms with van der Waals surface area (Å²) in [6.45, 7) is 2.95. The third kappa shape index (κ3) is 4.40. The van der Waals surface area contributed by atoms with Gasteiger partial charge < -0.3 is 4.74 Å². The quantitative estimate of drug-likeness (QED) is 0.322. The van der Waals surface area contributed by atoms with Crippen molar-refractivity contribution in [2.24, 2.45) is 7.05 Å². The fourth-order valence-corrected chi connectivity index (χ4v) is 3.24. The van der Waals surface area contributed by atoms with E-state index >= 15 is 0 Å². The summed E-state index contributed by atoms with van der Waals surface area (Å²) >= 11 is 0. The first kappa shape index (κ1) is 18.8. The first-order valence-electron chi connectivity index (χ1n) is 8.77. The Morgan fingerprint density at radius 2 is 2.11 bits per heavy atom. The molecule has 3 rings (SSSR count). The van der Waals surface area contributed by atoms with Crippen LogP contribution in [0.4, 0.5) is 5.69 Å². The predicted molar refractivity (Wildman–Crippen MR) is 101 cm³/mol. The maximum atomic E-state index is 12.3. The van der Waals surface area contributed by atoms with Crippen LogP contribution in [0.5, 0.6) is 5.75 Å². The lowest BCUT2D eigenvalue weighted by atomic mass is 10.1. The normalized spacial score (nSPS) is 14.7. The number of rotatable bonds is 7. The fourth-order valence-electron chi connectivity index (χ4n) is 3.24. The molecule has 0 atom stereocenters. The number of likely N-dealkylation sites (tertiary alicyclic amines) is 1. The average Bonchev–Trinajstić information content (AvgIpc) is 3.29. The number of benzene rings is 1. The van der Waals surface area contributed by atoms with E-state index in [1.54, 1.807) is 20.2 Å². The van der Waals surface area contributed by atoms with E-state index in [1.807, 2.05) is 18.2 Å². The van der Waals surface area contributed by atoms with E-state index in [4.69, 9.17) is 4.74 Å². The summed E-state index contributed by atoms with van der Waals surface area (Å²) in [4.78, 5) is 25.2. The molecule has 0 aliphatic carbocycles. The van der Waals surface area contributed by atoms with E-state index < -0.39 is 10.7 Å². The molecule has 0 amide bonds. The monoisotopic (exact) mass is 370 g/mol. The Labute approximate surface area is 157 Å². The van der Waals surface area contributed by atoms with Gasteiger partial charge in [0, 0.05) is 19.2 Å². The molecule has 2 aromatic rings. The van der Waals surface area contributed by atoms with Gasteiger partial charge in [0.2, 0.25) is 11.5 Å². The molecule has 8 heteroatoms. The van der Waals surface area contributed by atoms with Gasteiger partial charge in [-0.05, 0) is 49.7 Å². The standard InChI is InChI=1S/C19H22N4O4/c1-21-13-16(23(25)26)19(20-21)17(24)7-5-14-6-8-18(27-2)15(11-14)12-22-9-3-4-10-22/h5-8,11,13H,3-4,9-10,12H2,1-2H3/b7-5+. The summed E-state index contributed by atoms with van der Waals surface area (Å²) in [5.41, 5.74) is 1.43. The van der Waals surface area contributed by atoms with Crippen molar-refractivity contribution >= 4 is 17.5 Å². The number of hydrogen-bond acceptors (Lipinski definition) is 6. The summed E-state index contributed by atoms with van der Waals surface area (Å²) in [5, 5.41) is 15.0. The number of aromatic nitrogens is 2. The third-order valence-electron chi connectivity index (χ3n) is 4.56. The summed E-state index contributed by atoms with van der Waals surface area (Å²) in [7, 11) is 3.18. The maximum absolute atomic E-state index is 12.3. The van der Waals surface area contributed by atoms with Gasteiger partial charge in [-0.15, -0.1) is 0 Å². The van der Waals surface area contributed by atoms with Crippen LogP contribution in [0.3, 0.4) is 0 Å². The molecule has 1 saturated heterocycles. The van der Waals surface area contributed by atoms with E-state index in [9.17, 15) is 14.9 Å². The summed E-state index contributed by atoms with van der Waals surface area (Å²) in [6.07, 6.45) is 6.60. The SMILES string of the molecule is COc1ccc(/C=C/C(=O)c2nn(C)cc2[N+](=O)[O-])cc1CN1CCCC1. The minimum atomic E-state index is -0.602. The second kappa shape index (κ2) is 8.13. The van der Waals surface area contributed by atoms with Crippen LogP contribution in [0.1, 0.15) is 34.5 Å². The summed E-state index contributed by atoms with van der Waals surface area (Å²) in [6, 6.07) is 5.70. The molecule has 1 aliphatic rings. The lowest BCUT2D eigenvalue weighted by Crippen LogP contribution is -2.18. The summed E-state index contributed by atoms with van der Waals surface area (Å²) in [5.74, 6) is 0.310. The van der Waals surface area contributed by atoms with Crippen molar-refractivity contribution in [2.75, 3.05) is 20.2 Å². The van der Waals surface area contributed by atoms with Gasteiger partial charge in [-0.25, -0.2) is 0 Å². The zero-order valence-corrected chi connectivity index (χ0v) is 15.4. The van der Waals surface area contributed by atoms with Gasteiger partial charge in [-0.3, -0.25) is 24.5 Å². The Kier molecular flexibility index (Phi) is 5.66. The number of allylic oxidation sites excluding steroid dienone is 1. The zero-order chi connectivity index (χ0) is 19.4. The molecule has 27 heavy (non-hydrogen) atoms. The van der Waals surface area contributed by atoms with Crippen LogP contribution >= 0.6 is 0 Å². The molecule has 1 aromatic carbocycles. The smallest absolute Gasteiger partial charge is 0.318 e. The Balaban J connectivity index is 1.80. The topological polar surface area (TPSA) is 90.5 Å². The van der Waals surface area contributed by atoms with Crippen LogP contribution in [-0.2, 0) is 13.6 Å². The van der Waals surface area contributed by atoms with Crippen LogP contribution in [0.15, 0.2) is 30.5 Å². The van der Waals surface area contributed by atoms with Crippen molar-refractivity contribution in [3.8, 4) is 5.75 Å². The Morgan fingerprint density at radius 1 is 1.37 bits per heavy atom. The minimum Gasteiger partial charge on any atom is -0.496 e. The highest BCUT2D eigenvalue weighted by molar-refractivity contribution is 6.07. The molecular weight excluding hydrogens is 348 g/mol. The van der Waals surface area contributed by atoms with Gasteiger partial charge in [0.15, 0.2) is 0 Å². The molecule has 1 aliphatic heterocycles. The van der Waals surface area contributed by atoms with E-state index in [1.165, 1.54) is 29.8 Å². The van der Waals surface area contributed by atoms with Crippen molar-refractivity contribution in [3.05, 3.63) is 57.4 Å². The Bertz CT molecular complexity index is 882. The molecule has 0 spiro atoms. The number of nitrogens with zero attached hydrogens (tertiary/aromatic N) is 4. The van der Waals surface area contributed by atoms with Crippen LogP contribution in [-0.4, -0.2) is 45.6 Å². The lowest BCUT2D eigenvalue weighted by Gasteiger charge is -2.17. The Hall–Kier alpha value is -3.00. The van der Waals surface area contributed by atoms with Crippen molar-refractivity contribution in [3.63, 3.8) is 0 Å². The minimum absolute atomic E-state index is 0.162. The zero-order valence-electron chi connectivity index (χ0n) is 15.4. The number of ketones is 1. The molecule has 142 valence electrons. The molecule has 0 unspecified atom stereocenters. The number of aryl methyl sites for hydroxylation is 1. The van der Waals surface area contributed by atoms with Crippen LogP contribution in [0.25, 0.3) is 6.08 Å². The maximum Gasteiger partial charge on any atom is 0.318 e. The third-order valence-corrected chi connectivity index (χ3v) is 4.56. The van der Waals surface area contributed by atoms with E-state index in [0.717, 1.165) is 36.5 Å². The highest BCUT2D eigenvalue weighted by Crippen LogP contribution is 2.24. The van der Waals surface area contributed by atoms with Crippen LogP contribution in [0.2, 0.25) is 0 Å². The van der Waals surface area contributed by atoms with Gasteiger partial charge in [0.1, 0.15) is 11.9 Å². The van der Waals surface area contributed by atoms with Crippen molar-refractivity contribution in [1.29, 1.82) is 0 Å². The first-order valence-corrected chi connectivity index (χ1v) is 8.77. The molecule has 1 aromatic heterocycles. The largest absolute Gasteiger partial charge is 0.496 e. The lowest BCUT2D eigenvalue weighted by molar-refractivity contribution is -0.385. The molecule has 1 fully saturated rings. The van der Waals surface area contributed by atoms with Gasteiger partial charge in [-0.1, -0.05) is 12.1 Å². The fraction of sp³-hybridized carbons (Fsp3) is 0.368. The molecule has 2 heterocycles. The van der Waals surface area contributed by atoms with Crippen LogP contribution < -0.4 is 4.74 Å². The van der Waals surface area contributed by atoms with Gasteiger partial charge in [-0.2, -0.15) is 5.10 Å². The number of methoxy groups -OCH3 is 1. The van der Waals surface area contributed by atoms with Gasteiger partial charge in [0.25, 0.3) is 0 Å². The van der Waals surface area contributed by atoms with Gasteiger partial charge in [0.05, 0.1) is 12.0 Å². The second-order valence-electron chi connectivity index (χ2n) is 6.55. The highest BCUT2D eigenvalue weighted by atomic mass is 16.6. The molecule has 0 radical (unpaired) electrons. The van der Waals surface area contributed by atoms with Gasteiger partial charge >= 0.3 is 5.69 Å². The van der Waals surface area contributed by atoms with Crippen molar-refractivity contribution in [2.45, 2.75) is 19.4 Å². The van der Waals surface area contributed by atoms with E-state index in [2.05, 4.69) is 10.00 Å². The first-order chi connectivity index (χ1) is 13.0. The number of carbonyl (C=O) groups is 1. The molecular formula is C19H22N4O4. The number of nitro groups is 1. The second-order valence-corrected chi connectivity index (χ2v) is 6.55. The molecule has 8 nitrogen and oxygen atoms in total.